The Balaban J connectivity index is 1.22. The van der Waals surface area contributed by atoms with E-state index in [0.717, 1.165) is 22.9 Å². The first-order valence-electron chi connectivity index (χ1n) is 10.9. The third-order valence-electron chi connectivity index (χ3n) is 6.35. The first-order valence-corrected chi connectivity index (χ1v) is 13.3. The molecule has 2 N–H and O–H groups in total. The highest BCUT2D eigenvalue weighted by atomic mass is 32.2. The topological polar surface area (TPSA) is 96.6 Å². The fourth-order valence-corrected chi connectivity index (χ4v) is 6.16. The maximum Gasteiger partial charge on any atom is 0.249 e. The lowest BCUT2D eigenvalue weighted by atomic mass is 9.96. The molecule has 1 aliphatic heterocycles. The molecule has 7 nitrogen and oxygen atoms in total. The van der Waals surface area contributed by atoms with E-state index in [4.69, 9.17) is 5.14 Å². The van der Waals surface area contributed by atoms with Crippen molar-refractivity contribution in [3.8, 4) is 11.1 Å². The molecular weight excluding hydrogens is 456 g/mol. The van der Waals surface area contributed by atoms with E-state index in [0.29, 0.717) is 23.9 Å². The average Bonchev–Trinajstić information content (AvgIpc) is 3.53. The van der Waals surface area contributed by atoms with Crippen LogP contribution in [0, 0.1) is 12.8 Å². The predicted molar refractivity (Wildman–Crippen MR) is 131 cm³/mol. The van der Waals surface area contributed by atoms with Gasteiger partial charge in [-0.05, 0) is 54.5 Å². The number of amides is 1. The Morgan fingerprint density at radius 1 is 1.12 bits per heavy atom. The molecular formula is C24H26N4O3S2. The van der Waals surface area contributed by atoms with Crippen LogP contribution >= 0.6 is 11.3 Å². The minimum atomic E-state index is -3.85. The van der Waals surface area contributed by atoms with E-state index < -0.39 is 10.0 Å². The van der Waals surface area contributed by atoms with Crippen molar-refractivity contribution >= 4 is 38.1 Å². The van der Waals surface area contributed by atoms with Crippen molar-refractivity contribution in [3.05, 3.63) is 59.8 Å². The summed E-state index contributed by atoms with van der Waals surface area (Å²) in [7, 11) is -2.22. The smallest absolute Gasteiger partial charge is 0.249 e. The molecule has 9 heteroatoms. The van der Waals surface area contributed by atoms with Gasteiger partial charge in [-0.2, -0.15) is 0 Å². The van der Waals surface area contributed by atoms with Crippen LogP contribution in [0.2, 0.25) is 0 Å². The van der Waals surface area contributed by atoms with E-state index in [9.17, 15) is 13.2 Å². The van der Waals surface area contributed by atoms with E-state index in [1.54, 1.807) is 14.0 Å². The van der Waals surface area contributed by atoms with Gasteiger partial charge in [0.2, 0.25) is 15.9 Å². The standard InChI is InChI=1S/C24H26N4O3S2/c1-15-23(33(25,30)31)32-24(26-15)27(2)22(29)20-13-28(14-20)21-10-8-17(9-11-21)19-5-3-4-18(12-19)16-6-7-16/h3-5,8-12,16,20H,6-7,13-14H2,1-2H3,(H2,25,30,31). The Labute approximate surface area is 197 Å². The van der Waals surface area contributed by atoms with Gasteiger partial charge in [-0.3, -0.25) is 9.69 Å². The normalized spacial score (nSPS) is 16.5. The Hall–Kier alpha value is -2.75. The third-order valence-corrected chi connectivity index (χ3v) is 9.14. The van der Waals surface area contributed by atoms with Gasteiger partial charge in [0, 0.05) is 25.8 Å². The van der Waals surface area contributed by atoms with Gasteiger partial charge in [0.15, 0.2) is 9.34 Å². The molecule has 1 aliphatic carbocycles. The van der Waals surface area contributed by atoms with Crippen LogP contribution in [-0.4, -0.2) is 39.4 Å². The SMILES string of the molecule is Cc1nc(N(C)C(=O)C2CN(c3ccc(-c4cccc(C5CC5)c4)cc3)C2)sc1S(N)(=O)=O. The van der Waals surface area contributed by atoms with Crippen molar-refractivity contribution < 1.29 is 13.2 Å². The number of hydrogen-bond donors (Lipinski definition) is 1. The fourth-order valence-electron chi connectivity index (χ4n) is 4.24. The van der Waals surface area contributed by atoms with Crippen molar-refractivity contribution in [1.29, 1.82) is 0 Å². The first-order chi connectivity index (χ1) is 15.7. The minimum absolute atomic E-state index is 0.00450. The van der Waals surface area contributed by atoms with E-state index in [1.807, 2.05) is 0 Å². The van der Waals surface area contributed by atoms with Crippen LogP contribution in [-0.2, 0) is 14.8 Å². The molecule has 2 aliphatic rings. The molecule has 1 saturated carbocycles. The molecule has 2 aromatic carbocycles. The maximum atomic E-state index is 12.9. The summed E-state index contributed by atoms with van der Waals surface area (Å²) in [6.45, 7) is 2.81. The number of aryl methyl sites for hydroxylation is 1. The number of carbonyl (C=O) groups is 1. The zero-order valence-corrected chi connectivity index (χ0v) is 20.2. The van der Waals surface area contributed by atoms with Gasteiger partial charge in [0.05, 0.1) is 11.6 Å². The molecule has 1 aromatic heterocycles. The number of thiazole rings is 1. The van der Waals surface area contributed by atoms with Gasteiger partial charge in [-0.15, -0.1) is 0 Å². The Bertz CT molecular complexity index is 1310. The minimum Gasteiger partial charge on any atom is -0.370 e. The predicted octanol–water partition coefficient (Wildman–Crippen LogP) is 3.74. The molecule has 172 valence electrons. The van der Waals surface area contributed by atoms with Crippen LogP contribution in [0.1, 0.15) is 30.0 Å². The molecule has 1 saturated heterocycles. The van der Waals surface area contributed by atoms with Gasteiger partial charge >= 0.3 is 0 Å². The lowest BCUT2D eigenvalue weighted by Gasteiger charge is -2.41. The second-order valence-electron chi connectivity index (χ2n) is 8.86. The van der Waals surface area contributed by atoms with Crippen molar-refractivity contribution in [3.63, 3.8) is 0 Å². The van der Waals surface area contributed by atoms with Crippen LogP contribution in [0.15, 0.2) is 52.7 Å². The highest BCUT2D eigenvalue weighted by molar-refractivity contribution is 7.91. The molecule has 2 fully saturated rings. The quantitative estimate of drug-likeness (QED) is 0.577. The van der Waals surface area contributed by atoms with Crippen LogP contribution in [0.25, 0.3) is 11.1 Å². The monoisotopic (exact) mass is 482 g/mol. The number of carbonyl (C=O) groups excluding carboxylic acids is 1. The summed E-state index contributed by atoms with van der Waals surface area (Å²) in [5, 5.41) is 5.58. The maximum absolute atomic E-state index is 12.9. The number of hydrogen-bond acceptors (Lipinski definition) is 6. The summed E-state index contributed by atoms with van der Waals surface area (Å²) < 4.78 is 23.3. The van der Waals surface area contributed by atoms with E-state index >= 15 is 0 Å². The van der Waals surface area contributed by atoms with Crippen molar-refractivity contribution in [2.24, 2.45) is 11.1 Å². The number of primary sulfonamides is 1. The van der Waals surface area contributed by atoms with Gasteiger partial charge in [-0.25, -0.2) is 18.5 Å². The van der Waals surface area contributed by atoms with Crippen LogP contribution in [0.5, 0.6) is 0 Å². The summed E-state index contributed by atoms with van der Waals surface area (Å²) in [4.78, 5) is 20.7. The van der Waals surface area contributed by atoms with Crippen LogP contribution in [0.4, 0.5) is 10.8 Å². The zero-order chi connectivity index (χ0) is 23.3. The number of nitrogens with two attached hydrogens (primary N) is 1. The molecule has 3 aromatic rings. The summed E-state index contributed by atoms with van der Waals surface area (Å²) in [6.07, 6.45) is 2.59. The lowest BCUT2D eigenvalue weighted by Crippen LogP contribution is -2.54. The lowest BCUT2D eigenvalue weighted by molar-refractivity contribution is -0.122. The molecule has 0 unspecified atom stereocenters. The molecule has 0 atom stereocenters. The Morgan fingerprint density at radius 3 is 2.42 bits per heavy atom. The van der Waals surface area contributed by atoms with Gasteiger partial charge < -0.3 is 4.90 Å². The third kappa shape index (κ3) is 4.40. The number of rotatable bonds is 6. The number of anilines is 2. The van der Waals surface area contributed by atoms with Crippen molar-refractivity contribution in [2.75, 3.05) is 29.9 Å². The van der Waals surface area contributed by atoms with Gasteiger partial charge in [-0.1, -0.05) is 47.7 Å². The Morgan fingerprint density at radius 2 is 1.82 bits per heavy atom. The molecule has 5 rings (SSSR count). The largest absolute Gasteiger partial charge is 0.370 e. The zero-order valence-electron chi connectivity index (χ0n) is 18.6. The van der Waals surface area contributed by atoms with Crippen molar-refractivity contribution in [1.82, 2.24) is 4.98 Å². The number of sulfonamides is 1. The van der Waals surface area contributed by atoms with Gasteiger partial charge in [0.1, 0.15) is 0 Å². The number of nitrogens with zero attached hydrogens (tertiary/aromatic N) is 3. The summed E-state index contributed by atoms with van der Waals surface area (Å²) in [5.41, 5.74) is 5.26. The van der Waals surface area contributed by atoms with Crippen molar-refractivity contribution in [2.45, 2.75) is 29.9 Å². The second kappa shape index (κ2) is 8.23. The first kappa shape index (κ1) is 22.1. The number of benzene rings is 2. The van der Waals surface area contributed by atoms with E-state index in [-0.39, 0.29) is 16.0 Å². The molecule has 33 heavy (non-hydrogen) atoms. The van der Waals surface area contributed by atoms with Crippen LogP contribution in [0.3, 0.4) is 0 Å². The van der Waals surface area contributed by atoms with E-state index in [2.05, 4.69) is 58.4 Å². The molecule has 0 radical (unpaired) electrons. The van der Waals surface area contributed by atoms with E-state index in [1.165, 1.54) is 34.4 Å². The average molecular weight is 483 g/mol. The Kier molecular flexibility index (Phi) is 5.50. The molecule has 0 spiro atoms. The summed E-state index contributed by atoms with van der Waals surface area (Å²) in [5.74, 6) is 0.499. The highest BCUT2D eigenvalue weighted by Gasteiger charge is 2.36. The fraction of sp³-hybridized carbons (Fsp3) is 0.333. The summed E-state index contributed by atoms with van der Waals surface area (Å²) in [6, 6.07) is 17.3. The molecule has 2 heterocycles. The molecule has 0 bridgehead atoms. The number of aromatic nitrogens is 1. The van der Waals surface area contributed by atoms with Crippen LogP contribution < -0.4 is 14.9 Å². The highest BCUT2D eigenvalue weighted by Crippen LogP contribution is 2.41. The van der Waals surface area contributed by atoms with Gasteiger partial charge in [0.25, 0.3) is 0 Å². The summed E-state index contributed by atoms with van der Waals surface area (Å²) >= 11 is 0.925. The second-order valence-corrected chi connectivity index (χ2v) is 11.6. The molecule has 1 amide bonds.